The molecule has 0 aliphatic carbocycles. The number of hydrogen-bond acceptors (Lipinski definition) is 2. The van der Waals surface area contributed by atoms with Crippen molar-refractivity contribution in [2.75, 3.05) is 5.43 Å². The van der Waals surface area contributed by atoms with E-state index in [2.05, 4.69) is 10.5 Å². The number of benzene rings is 2. The highest BCUT2D eigenvalue weighted by Gasteiger charge is 2.00. The van der Waals surface area contributed by atoms with Crippen molar-refractivity contribution in [1.29, 1.82) is 0 Å². The molecule has 0 amide bonds. The van der Waals surface area contributed by atoms with Gasteiger partial charge in [-0.2, -0.15) is 5.10 Å². The largest absolute Gasteiger partial charge is 0.278 e. The van der Waals surface area contributed by atoms with Crippen LogP contribution >= 0.6 is 23.2 Å². The van der Waals surface area contributed by atoms with E-state index in [0.29, 0.717) is 5.02 Å². The minimum absolute atomic E-state index is 0.699. The smallest absolute Gasteiger partial charge is 0.0649 e. The Morgan fingerprint density at radius 1 is 1.11 bits per heavy atom. The minimum Gasteiger partial charge on any atom is -0.278 e. The maximum absolute atomic E-state index is 6.06. The second kappa shape index (κ2) is 6.09. The van der Waals surface area contributed by atoms with Crippen LogP contribution in [0.4, 0.5) is 5.69 Å². The van der Waals surface area contributed by atoms with Crippen molar-refractivity contribution in [1.82, 2.24) is 0 Å². The number of halogens is 2. The molecule has 0 unspecified atom stereocenters. The summed E-state index contributed by atoms with van der Waals surface area (Å²) in [6, 6.07) is 13.3. The average molecular weight is 293 g/mol. The molecule has 0 spiro atoms. The lowest BCUT2D eigenvalue weighted by Gasteiger charge is -2.05. The van der Waals surface area contributed by atoms with Crippen LogP contribution in [0.2, 0.25) is 10.0 Å². The van der Waals surface area contributed by atoms with Crippen LogP contribution in [0.1, 0.15) is 18.1 Å². The third-order valence-electron chi connectivity index (χ3n) is 2.77. The van der Waals surface area contributed by atoms with Gasteiger partial charge in [-0.25, -0.2) is 0 Å². The van der Waals surface area contributed by atoms with Gasteiger partial charge in [0.25, 0.3) is 0 Å². The van der Waals surface area contributed by atoms with Gasteiger partial charge in [-0.05, 0) is 49.2 Å². The highest BCUT2D eigenvalue weighted by atomic mass is 35.5. The monoisotopic (exact) mass is 292 g/mol. The van der Waals surface area contributed by atoms with Crippen LogP contribution in [0.5, 0.6) is 0 Å². The van der Waals surface area contributed by atoms with Crippen LogP contribution in [0, 0.1) is 6.92 Å². The molecule has 0 aliphatic heterocycles. The highest BCUT2D eigenvalue weighted by Crippen LogP contribution is 2.20. The average Bonchev–Trinajstić information content (AvgIpc) is 2.40. The van der Waals surface area contributed by atoms with Crippen LogP contribution in [0.15, 0.2) is 47.6 Å². The third-order valence-corrected chi connectivity index (χ3v) is 3.41. The Morgan fingerprint density at radius 3 is 2.58 bits per heavy atom. The zero-order valence-electron chi connectivity index (χ0n) is 10.7. The number of hydrazone groups is 1. The number of hydrogen-bond donors (Lipinski definition) is 1. The molecule has 0 fully saturated rings. The summed E-state index contributed by atoms with van der Waals surface area (Å²) in [7, 11) is 0. The zero-order valence-corrected chi connectivity index (χ0v) is 12.3. The number of rotatable bonds is 3. The summed E-state index contributed by atoms with van der Waals surface area (Å²) in [5, 5.41) is 5.75. The molecule has 2 aromatic rings. The summed E-state index contributed by atoms with van der Waals surface area (Å²) >= 11 is 12.0. The first-order chi connectivity index (χ1) is 9.06. The molecule has 0 saturated carbocycles. The van der Waals surface area contributed by atoms with Crippen LogP contribution in [-0.4, -0.2) is 5.71 Å². The maximum Gasteiger partial charge on any atom is 0.0649 e. The van der Waals surface area contributed by atoms with E-state index in [9.17, 15) is 0 Å². The number of nitrogens with zero attached hydrogens (tertiary/aromatic N) is 1. The molecule has 0 saturated heterocycles. The molecule has 4 heteroatoms. The summed E-state index contributed by atoms with van der Waals surface area (Å²) in [6.07, 6.45) is 0. The van der Waals surface area contributed by atoms with Crippen molar-refractivity contribution in [3.05, 3.63) is 63.6 Å². The van der Waals surface area contributed by atoms with E-state index in [0.717, 1.165) is 27.5 Å². The van der Waals surface area contributed by atoms with Crippen molar-refractivity contribution in [2.45, 2.75) is 13.8 Å². The van der Waals surface area contributed by atoms with Crippen molar-refractivity contribution in [3.63, 3.8) is 0 Å². The van der Waals surface area contributed by atoms with Gasteiger partial charge in [-0.3, -0.25) is 5.43 Å². The standard InChI is InChI=1S/C15H14Cl2N2/c1-10-6-7-14(9-15(10)17)19-18-11(2)12-4-3-5-13(16)8-12/h3-9,19H,1-2H3/b18-11+. The first-order valence-corrected chi connectivity index (χ1v) is 6.64. The quantitative estimate of drug-likeness (QED) is 0.615. The molecule has 0 aromatic heterocycles. The number of anilines is 1. The van der Waals surface area contributed by atoms with Crippen LogP contribution < -0.4 is 5.43 Å². The Morgan fingerprint density at radius 2 is 1.89 bits per heavy atom. The van der Waals surface area contributed by atoms with Gasteiger partial charge in [-0.15, -0.1) is 0 Å². The van der Waals surface area contributed by atoms with Gasteiger partial charge in [0.15, 0.2) is 0 Å². The highest BCUT2D eigenvalue weighted by molar-refractivity contribution is 6.31. The molecular weight excluding hydrogens is 279 g/mol. The second-order valence-corrected chi connectivity index (χ2v) is 5.13. The topological polar surface area (TPSA) is 24.4 Å². The van der Waals surface area contributed by atoms with Gasteiger partial charge in [0.1, 0.15) is 0 Å². The lowest BCUT2D eigenvalue weighted by molar-refractivity contribution is 1.31. The van der Waals surface area contributed by atoms with Crippen molar-refractivity contribution in [3.8, 4) is 0 Å². The Labute approximate surface area is 123 Å². The molecular formula is C15H14Cl2N2. The molecule has 2 nitrogen and oxygen atoms in total. The SMILES string of the molecule is C/C(=N\Nc1ccc(C)c(Cl)c1)c1cccc(Cl)c1. The van der Waals surface area contributed by atoms with Gasteiger partial charge < -0.3 is 0 Å². The molecule has 1 N–H and O–H groups in total. The van der Waals surface area contributed by atoms with Gasteiger partial charge in [0, 0.05) is 10.0 Å². The predicted molar refractivity (Wildman–Crippen MR) is 83.5 cm³/mol. The molecule has 19 heavy (non-hydrogen) atoms. The molecule has 0 aliphatic rings. The van der Waals surface area contributed by atoms with Gasteiger partial charge in [-0.1, -0.05) is 41.4 Å². The molecule has 0 radical (unpaired) electrons. The van der Waals surface area contributed by atoms with E-state index in [4.69, 9.17) is 23.2 Å². The molecule has 2 aromatic carbocycles. The fraction of sp³-hybridized carbons (Fsp3) is 0.133. The van der Waals surface area contributed by atoms with Crippen LogP contribution in [0.3, 0.4) is 0 Å². The van der Waals surface area contributed by atoms with Crippen LogP contribution in [0.25, 0.3) is 0 Å². The lowest BCUT2D eigenvalue weighted by atomic mass is 10.1. The Bertz CT molecular complexity index is 621. The molecule has 0 heterocycles. The van der Waals surface area contributed by atoms with E-state index in [-0.39, 0.29) is 0 Å². The third kappa shape index (κ3) is 3.72. The Balaban J connectivity index is 2.15. The van der Waals surface area contributed by atoms with Gasteiger partial charge in [0.05, 0.1) is 11.4 Å². The van der Waals surface area contributed by atoms with Crippen molar-refractivity contribution < 1.29 is 0 Å². The zero-order chi connectivity index (χ0) is 13.8. The maximum atomic E-state index is 6.06. The summed E-state index contributed by atoms with van der Waals surface area (Å²) in [5.74, 6) is 0. The minimum atomic E-state index is 0.699. The first-order valence-electron chi connectivity index (χ1n) is 5.88. The lowest BCUT2D eigenvalue weighted by Crippen LogP contribution is -1.99. The molecule has 98 valence electrons. The van der Waals surface area contributed by atoms with E-state index < -0.39 is 0 Å². The van der Waals surface area contributed by atoms with E-state index in [1.165, 1.54) is 0 Å². The van der Waals surface area contributed by atoms with E-state index in [1.807, 2.05) is 56.3 Å². The summed E-state index contributed by atoms with van der Waals surface area (Å²) in [4.78, 5) is 0. The van der Waals surface area contributed by atoms with Crippen molar-refractivity contribution in [2.24, 2.45) is 5.10 Å². The van der Waals surface area contributed by atoms with Gasteiger partial charge >= 0.3 is 0 Å². The van der Waals surface area contributed by atoms with Crippen molar-refractivity contribution >= 4 is 34.6 Å². The molecule has 0 atom stereocenters. The predicted octanol–water partition coefficient (Wildman–Crippen LogP) is 5.14. The Kier molecular flexibility index (Phi) is 4.46. The fourth-order valence-electron chi connectivity index (χ4n) is 1.59. The molecule has 2 rings (SSSR count). The molecule has 0 bridgehead atoms. The summed E-state index contributed by atoms with van der Waals surface area (Å²) in [5.41, 5.74) is 6.74. The van der Waals surface area contributed by atoms with Crippen LogP contribution in [-0.2, 0) is 0 Å². The summed E-state index contributed by atoms with van der Waals surface area (Å²) < 4.78 is 0. The second-order valence-electron chi connectivity index (χ2n) is 4.28. The number of nitrogens with one attached hydrogen (secondary N) is 1. The number of aryl methyl sites for hydroxylation is 1. The van der Waals surface area contributed by atoms with E-state index >= 15 is 0 Å². The van der Waals surface area contributed by atoms with E-state index in [1.54, 1.807) is 0 Å². The Hall–Kier alpha value is -1.51. The summed E-state index contributed by atoms with van der Waals surface area (Å²) in [6.45, 7) is 3.89. The normalized spacial score (nSPS) is 11.5. The van der Waals surface area contributed by atoms with Gasteiger partial charge in [0.2, 0.25) is 0 Å². The first kappa shape index (κ1) is 13.9. The fourth-order valence-corrected chi connectivity index (χ4v) is 1.96.